The van der Waals surface area contributed by atoms with Crippen molar-refractivity contribution in [1.82, 2.24) is 5.32 Å². The second-order valence-electron chi connectivity index (χ2n) is 7.19. The number of hydrogen-bond donors (Lipinski definition) is 1. The first-order valence-corrected chi connectivity index (χ1v) is 10.8. The van der Waals surface area contributed by atoms with Gasteiger partial charge in [-0.05, 0) is 18.6 Å². The van der Waals surface area contributed by atoms with Gasteiger partial charge in [-0.3, -0.25) is 4.79 Å². The summed E-state index contributed by atoms with van der Waals surface area (Å²) < 4.78 is 5.43. The zero-order chi connectivity index (χ0) is 18.7. The Kier molecular flexibility index (Phi) is 14.7. The molecule has 1 amide bonds. The molecule has 0 bridgehead atoms. The monoisotopic (exact) mass is 361 g/mol. The molecule has 148 valence electrons. The van der Waals surface area contributed by atoms with Crippen LogP contribution in [-0.2, 0) is 4.79 Å². The Morgan fingerprint density at radius 1 is 0.769 bits per heavy atom. The van der Waals surface area contributed by atoms with Crippen LogP contribution in [0.3, 0.4) is 0 Å². The molecule has 0 aromatic heterocycles. The molecular formula is C23H39NO2. The lowest BCUT2D eigenvalue weighted by Gasteiger charge is -2.07. The molecule has 0 saturated carbocycles. The highest BCUT2D eigenvalue weighted by molar-refractivity contribution is 5.77. The maximum absolute atomic E-state index is 11.7. The molecule has 0 unspecified atom stereocenters. The van der Waals surface area contributed by atoms with E-state index in [1.165, 1.54) is 77.0 Å². The maximum atomic E-state index is 11.7. The molecule has 1 aromatic rings. The SMILES string of the molecule is CCCCCCCCCCCCCCCNC(=O)COc1ccccc1. The van der Waals surface area contributed by atoms with E-state index in [9.17, 15) is 4.79 Å². The van der Waals surface area contributed by atoms with Crippen LogP contribution in [0.1, 0.15) is 90.4 Å². The van der Waals surface area contributed by atoms with Crippen LogP contribution in [-0.4, -0.2) is 19.1 Å². The fourth-order valence-corrected chi connectivity index (χ4v) is 3.09. The minimum Gasteiger partial charge on any atom is -0.484 e. The maximum Gasteiger partial charge on any atom is 0.257 e. The molecule has 26 heavy (non-hydrogen) atoms. The van der Waals surface area contributed by atoms with Crippen LogP contribution >= 0.6 is 0 Å². The van der Waals surface area contributed by atoms with Crippen LogP contribution in [0.5, 0.6) is 5.75 Å². The number of unbranched alkanes of at least 4 members (excludes halogenated alkanes) is 12. The molecule has 1 N–H and O–H groups in total. The van der Waals surface area contributed by atoms with Gasteiger partial charge in [0, 0.05) is 6.54 Å². The lowest BCUT2D eigenvalue weighted by molar-refractivity contribution is -0.123. The van der Waals surface area contributed by atoms with Crippen LogP contribution in [0.15, 0.2) is 30.3 Å². The largest absolute Gasteiger partial charge is 0.484 e. The smallest absolute Gasteiger partial charge is 0.257 e. The average Bonchev–Trinajstić information content (AvgIpc) is 2.67. The predicted molar refractivity (Wildman–Crippen MR) is 111 cm³/mol. The minimum absolute atomic E-state index is 0.0345. The highest BCUT2D eigenvalue weighted by atomic mass is 16.5. The molecule has 0 spiro atoms. The first-order valence-electron chi connectivity index (χ1n) is 10.8. The molecule has 0 fully saturated rings. The topological polar surface area (TPSA) is 38.3 Å². The highest BCUT2D eigenvalue weighted by Gasteiger charge is 2.01. The van der Waals surface area contributed by atoms with Crippen molar-refractivity contribution in [3.63, 3.8) is 0 Å². The van der Waals surface area contributed by atoms with Crippen molar-refractivity contribution in [2.45, 2.75) is 90.4 Å². The van der Waals surface area contributed by atoms with E-state index in [1.54, 1.807) is 0 Å². The van der Waals surface area contributed by atoms with Crippen LogP contribution in [0.2, 0.25) is 0 Å². The predicted octanol–water partition coefficient (Wildman–Crippen LogP) is 6.27. The van der Waals surface area contributed by atoms with E-state index >= 15 is 0 Å². The van der Waals surface area contributed by atoms with Gasteiger partial charge >= 0.3 is 0 Å². The Hall–Kier alpha value is -1.51. The van der Waals surface area contributed by atoms with E-state index in [1.807, 2.05) is 30.3 Å². The number of rotatable bonds is 17. The standard InChI is InChI=1S/C23H39NO2/c1-2-3-4-5-6-7-8-9-10-11-12-13-17-20-24-23(25)21-26-22-18-15-14-16-19-22/h14-16,18-19H,2-13,17,20-21H2,1H3,(H,24,25). The molecule has 0 saturated heterocycles. The Labute approximate surface area is 160 Å². The molecule has 0 atom stereocenters. The molecule has 0 aliphatic rings. The summed E-state index contributed by atoms with van der Waals surface area (Å²) in [6.45, 7) is 3.13. The van der Waals surface area contributed by atoms with Crippen molar-refractivity contribution in [3.8, 4) is 5.75 Å². The summed E-state index contributed by atoms with van der Waals surface area (Å²) in [5.41, 5.74) is 0. The summed E-state index contributed by atoms with van der Waals surface area (Å²) in [7, 11) is 0. The summed E-state index contributed by atoms with van der Waals surface area (Å²) in [6, 6.07) is 9.46. The Morgan fingerprint density at radius 2 is 1.27 bits per heavy atom. The van der Waals surface area contributed by atoms with Gasteiger partial charge < -0.3 is 10.1 Å². The van der Waals surface area contributed by atoms with Gasteiger partial charge in [-0.15, -0.1) is 0 Å². The molecule has 0 aliphatic carbocycles. The molecule has 0 heterocycles. The second kappa shape index (κ2) is 16.9. The third-order valence-electron chi connectivity index (χ3n) is 4.72. The van der Waals surface area contributed by atoms with Gasteiger partial charge in [0.1, 0.15) is 5.75 Å². The Bertz CT molecular complexity index is 433. The fourth-order valence-electron chi connectivity index (χ4n) is 3.09. The summed E-state index contributed by atoms with van der Waals surface area (Å²) in [5, 5.41) is 2.93. The average molecular weight is 362 g/mol. The van der Waals surface area contributed by atoms with Crippen LogP contribution in [0.25, 0.3) is 0 Å². The molecule has 1 rings (SSSR count). The lowest BCUT2D eigenvalue weighted by Crippen LogP contribution is -2.29. The van der Waals surface area contributed by atoms with E-state index in [2.05, 4.69) is 12.2 Å². The number of hydrogen-bond acceptors (Lipinski definition) is 2. The quantitative estimate of drug-likeness (QED) is 0.332. The van der Waals surface area contributed by atoms with E-state index in [0.29, 0.717) is 0 Å². The van der Waals surface area contributed by atoms with Gasteiger partial charge in [0.05, 0.1) is 0 Å². The van der Waals surface area contributed by atoms with Crippen molar-refractivity contribution in [2.24, 2.45) is 0 Å². The number of ether oxygens (including phenoxy) is 1. The van der Waals surface area contributed by atoms with Crippen LogP contribution in [0, 0.1) is 0 Å². The highest BCUT2D eigenvalue weighted by Crippen LogP contribution is 2.12. The Balaban J connectivity index is 1.78. The molecule has 3 nitrogen and oxygen atoms in total. The van der Waals surface area contributed by atoms with Gasteiger partial charge in [-0.2, -0.15) is 0 Å². The molecule has 3 heteroatoms. The lowest BCUT2D eigenvalue weighted by atomic mass is 10.0. The number of para-hydroxylation sites is 1. The summed E-state index contributed by atoms with van der Waals surface area (Å²) in [5.74, 6) is 0.705. The summed E-state index contributed by atoms with van der Waals surface area (Å²) in [4.78, 5) is 11.7. The minimum atomic E-state index is -0.0345. The first kappa shape index (κ1) is 22.5. The number of nitrogens with one attached hydrogen (secondary N) is 1. The van der Waals surface area contributed by atoms with E-state index in [0.717, 1.165) is 18.7 Å². The zero-order valence-corrected chi connectivity index (χ0v) is 16.8. The number of amides is 1. The van der Waals surface area contributed by atoms with Crippen molar-refractivity contribution >= 4 is 5.91 Å². The van der Waals surface area contributed by atoms with Crippen molar-refractivity contribution in [1.29, 1.82) is 0 Å². The van der Waals surface area contributed by atoms with E-state index in [4.69, 9.17) is 4.74 Å². The fraction of sp³-hybridized carbons (Fsp3) is 0.696. The number of carbonyl (C=O) groups excluding carboxylic acids is 1. The van der Waals surface area contributed by atoms with Crippen molar-refractivity contribution in [2.75, 3.05) is 13.2 Å². The molecule has 0 aliphatic heterocycles. The number of carbonyl (C=O) groups is 1. The Morgan fingerprint density at radius 3 is 1.81 bits per heavy atom. The van der Waals surface area contributed by atoms with Crippen LogP contribution < -0.4 is 10.1 Å². The molecule has 1 aromatic carbocycles. The summed E-state index contributed by atoms with van der Waals surface area (Å²) >= 11 is 0. The third kappa shape index (κ3) is 13.7. The van der Waals surface area contributed by atoms with E-state index in [-0.39, 0.29) is 12.5 Å². The third-order valence-corrected chi connectivity index (χ3v) is 4.72. The van der Waals surface area contributed by atoms with Gasteiger partial charge in [-0.1, -0.05) is 102 Å². The van der Waals surface area contributed by atoms with Crippen molar-refractivity contribution < 1.29 is 9.53 Å². The van der Waals surface area contributed by atoms with Crippen LogP contribution in [0.4, 0.5) is 0 Å². The first-order chi connectivity index (χ1) is 12.8. The summed E-state index contributed by atoms with van der Waals surface area (Å²) in [6.07, 6.45) is 17.5. The van der Waals surface area contributed by atoms with Gasteiger partial charge in [0.15, 0.2) is 6.61 Å². The number of benzene rings is 1. The van der Waals surface area contributed by atoms with Gasteiger partial charge in [0.2, 0.25) is 0 Å². The normalized spacial score (nSPS) is 10.7. The van der Waals surface area contributed by atoms with Gasteiger partial charge in [0.25, 0.3) is 5.91 Å². The zero-order valence-electron chi connectivity index (χ0n) is 16.8. The molecular weight excluding hydrogens is 322 g/mol. The molecule has 0 radical (unpaired) electrons. The van der Waals surface area contributed by atoms with E-state index < -0.39 is 0 Å². The van der Waals surface area contributed by atoms with Gasteiger partial charge in [-0.25, -0.2) is 0 Å². The van der Waals surface area contributed by atoms with Crippen molar-refractivity contribution in [3.05, 3.63) is 30.3 Å². The second-order valence-corrected chi connectivity index (χ2v) is 7.19.